The fourth-order valence-corrected chi connectivity index (χ4v) is 2.17. The molecule has 1 rings (SSSR count). The molecule has 5 heteroatoms. The molecule has 0 aliphatic heterocycles. The predicted molar refractivity (Wildman–Crippen MR) is 64.3 cm³/mol. The summed E-state index contributed by atoms with van der Waals surface area (Å²) in [5, 5.41) is 5.86. The first-order valence-corrected chi connectivity index (χ1v) is 6.07. The van der Waals surface area contributed by atoms with E-state index in [1.807, 2.05) is 19.2 Å². The second kappa shape index (κ2) is 6.82. The summed E-state index contributed by atoms with van der Waals surface area (Å²) in [5.41, 5.74) is 0. The maximum Gasteiger partial charge on any atom is 0.220 e. The van der Waals surface area contributed by atoms with E-state index in [0.29, 0.717) is 13.0 Å². The number of halogens is 1. The van der Waals surface area contributed by atoms with Gasteiger partial charge in [0.25, 0.3) is 0 Å². The highest BCUT2D eigenvalue weighted by Gasteiger charge is 2.02. The third-order valence-corrected chi connectivity index (χ3v) is 3.15. The van der Waals surface area contributed by atoms with Gasteiger partial charge in [0.2, 0.25) is 5.91 Å². The van der Waals surface area contributed by atoms with Crippen molar-refractivity contribution in [2.45, 2.75) is 19.4 Å². The van der Waals surface area contributed by atoms with E-state index in [4.69, 9.17) is 11.6 Å². The van der Waals surface area contributed by atoms with E-state index in [-0.39, 0.29) is 5.91 Å². The molecule has 0 aliphatic rings. The van der Waals surface area contributed by atoms with Gasteiger partial charge in [0.15, 0.2) is 0 Å². The summed E-state index contributed by atoms with van der Waals surface area (Å²) >= 11 is 7.27. The smallest absolute Gasteiger partial charge is 0.220 e. The second-order valence-electron chi connectivity index (χ2n) is 3.19. The van der Waals surface area contributed by atoms with Gasteiger partial charge >= 0.3 is 0 Å². The number of thiophene rings is 1. The summed E-state index contributed by atoms with van der Waals surface area (Å²) in [7, 11) is 1.88. The first-order valence-electron chi connectivity index (χ1n) is 4.88. The number of hydrogen-bond acceptors (Lipinski definition) is 3. The molecule has 3 nitrogen and oxygen atoms in total. The Balaban J connectivity index is 2.16. The van der Waals surface area contributed by atoms with Crippen molar-refractivity contribution in [2.24, 2.45) is 0 Å². The molecule has 2 N–H and O–H groups in total. The Morgan fingerprint density at radius 2 is 2.33 bits per heavy atom. The molecule has 0 radical (unpaired) electrons. The van der Waals surface area contributed by atoms with Crippen LogP contribution in [0.2, 0.25) is 4.34 Å². The number of carbonyl (C=O) groups is 1. The lowest BCUT2D eigenvalue weighted by atomic mass is 10.3. The standard InChI is InChI=1S/C10H15ClN2OS/c1-12-6-2-3-10(14)13-7-8-4-5-9(11)15-8/h4-5,12H,2-3,6-7H2,1H3,(H,13,14). The monoisotopic (exact) mass is 246 g/mol. The van der Waals surface area contributed by atoms with Crippen LogP contribution in [0.25, 0.3) is 0 Å². The zero-order chi connectivity index (χ0) is 11.1. The quantitative estimate of drug-likeness (QED) is 0.754. The third-order valence-electron chi connectivity index (χ3n) is 1.92. The van der Waals surface area contributed by atoms with E-state index < -0.39 is 0 Å². The maximum atomic E-state index is 11.3. The van der Waals surface area contributed by atoms with Crippen molar-refractivity contribution in [3.63, 3.8) is 0 Å². The molecule has 0 bridgehead atoms. The predicted octanol–water partition coefficient (Wildman–Crippen LogP) is 2.02. The van der Waals surface area contributed by atoms with E-state index in [2.05, 4.69) is 10.6 Å². The molecule has 0 saturated carbocycles. The second-order valence-corrected chi connectivity index (χ2v) is 4.99. The minimum atomic E-state index is 0.0924. The molecule has 1 amide bonds. The van der Waals surface area contributed by atoms with Crippen LogP contribution in [0.5, 0.6) is 0 Å². The Labute approximate surface area is 98.8 Å². The average Bonchev–Trinajstić information content (AvgIpc) is 2.62. The van der Waals surface area contributed by atoms with Crippen LogP contribution in [-0.2, 0) is 11.3 Å². The minimum Gasteiger partial charge on any atom is -0.351 e. The van der Waals surface area contributed by atoms with E-state index in [1.54, 1.807) is 0 Å². The molecule has 0 spiro atoms. The van der Waals surface area contributed by atoms with Crippen LogP contribution in [0, 0.1) is 0 Å². The van der Waals surface area contributed by atoms with Crippen LogP contribution >= 0.6 is 22.9 Å². The SMILES string of the molecule is CNCCCC(=O)NCc1ccc(Cl)s1. The molecule has 0 unspecified atom stereocenters. The minimum absolute atomic E-state index is 0.0924. The molecule has 84 valence electrons. The van der Waals surface area contributed by atoms with Crippen molar-refractivity contribution in [2.75, 3.05) is 13.6 Å². The highest BCUT2D eigenvalue weighted by Crippen LogP contribution is 2.20. The fraction of sp³-hybridized carbons (Fsp3) is 0.500. The van der Waals surface area contributed by atoms with Crippen molar-refractivity contribution in [1.82, 2.24) is 10.6 Å². The Hall–Kier alpha value is -0.580. The van der Waals surface area contributed by atoms with Gasteiger partial charge in [0.05, 0.1) is 10.9 Å². The molecule has 0 fully saturated rings. The number of carbonyl (C=O) groups excluding carboxylic acids is 1. The Bertz CT molecular complexity index is 314. The number of rotatable bonds is 6. The van der Waals surface area contributed by atoms with E-state index >= 15 is 0 Å². The largest absolute Gasteiger partial charge is 0.351 e. The van der Waals surface area contributed by atoms with Crippen LogP contribution in [0.15, 0.2) is 12.1 Å². The molecular formula is C10H15ClN2OS. The number of nitrogens with one attached hydrogen (secondary N) is 2. The zero-order valence-corrected chi connectivity index (χ0v) is 10.3. The normalized spacial score (nSPS) is 10.3. The summed E-state index contributed by atoms with van der Waals surface area (Å²) < 4.78 is 0.759. The van der Waals surface area contributed by atoms with Gasteiger partial charge in [-0.05, 0) is 32.1 Å². The van der Waals surface area contributed by atoms with Gasteiger partial charge in [-0.2, -0.15) is 0 Å². The molecule has 1 heterocycles. The van der Waals surface area contributed by atoms with Crippen molar-refractivity contribution >= 4 is 28.8 Å². The summed E-state index contributed by atoms with van der Waals surface area (Å²) in [6, 6.07) is 3.77. The maximum absolute atomic E-state index is 11.3. The van der Waals surface area contributed by atoms with Crippen molar-refractivity contribution in [3.05, 3.63) is 21.3 Å². The topological polar surface area (TPSA) is 41.1 Å². The van der Waals surface area contributed by atoms with E-state index in [0.717, 1.165) is 22.2 Å². The van der Waals surface area contributed by atoms with Gasteiger partial charge < -0.3 is 10.6 Å². The molecule has 0 aliphatic carbocycles. The lowest BCUT2D eigenvalue weighted by molar-refractivity contribution is -0.121. The Morgan fingerprint density at radius 1 is 1.53 bits per heavy atom. The lowest BCUT2D eigenvalue weighted by Gasteiger charge is -2.02. The van der Waals surface area contributed by atoms with Crippen LogP contribution < -0.4 is 10.6 Å². The highest BCUT2D eigenvalue weighted by atomic mass is 35.5. The fourth-order valence-electron chi connectivity index (χ4n) is 1.15. The van der Waals surface area contributed by atoms with Crippen LogP contribution in [-0.4, -0.2) is 19.5 Å². The van der Waals surface area contributed by atoms with Gasteiger partial charge in [0.1, 0.15) is 0 Å². The number of amides is 1. The van der Waals surface area contributed by atoms with Gasteiger partial charge in [0, 0.05) is 11.3 Å². The molecule has 0 saturated heterocycles. The van der Waals surface area contributed by atoms with Crippen molar-refractivity contribution in [3.8, 4) is 0 Å². The van der Waals surface area contributed by atoms with Crippen LogP contribution in [0.1, 0.15) is 17.7 Å². The zero-order valence-electron chi connectivity index (χ0n) is 8.68. The average molecular weight is 247 g/mol. The first-order chi connectivity index (χ1) is 7.22. The summed E-state index contributed by atoms with van der Waals surface area (Å²) in [6.07, 6.45) is 1.44. The van der Waals surface area contributed by atoms with Gasteiger partial charge in [-0.3, -0.25) is 4.79 Å². The molecule has 0 aromatic carbocycles. The number of hydrogen-bond donors (Lipinski definition) is 2. The van der Waals surface area contributed by atoms with Crippen molar-refractivity contribution in [1.29, 1.82) is 0 Å². The van der Waals surface area contributed by atoms with Gasteiger partial charge in [-0.1, -0.05) is 11.6 Å². The van der Waals surface area contributed by atoms with Gasteiger partial charge in [-0.25, -0.2) is 0 Å². The third kappa shape index (κ3) is 5.16. The van der Waals surface area contributed by atoms with Crippen LogP contribution in [0.4, 0.5) is 0 Å². The summed E-state index contributed by atoms with van der Waals surface area (Å²) in [6.45, 7) is 1.45. The summed E-state index contributed by atoms with van der Waals surface area (Å²) in [5.74, 6) is 0.0924. The molecule has 15 heavy (non-hydrogen) atoms. The first kappa shape index (κ1) is 12.5. The Kier molecular flexibility index (Phi) is 5.68. The molecule has 0 atom stereocenters. The highest BCUT2D eigenvalue weighted by molar-refractivity contribution is 7.16. The lowest BCUT2D eigenvalue weighted by Crippen LogP contribution is -2.23. The summed E-state index contributed by atoms with van der Waals surface area (Å²) in [4.78, 5) is 12.4. The van der Waals surface area contributed by atoms with Crippen LogP contribution in [0.3, 0.4) is 0 Å². The molecule has 1 aromatic rings. The van der Waals surface area contributed by atoms with E-state index in [9.17, 15) is 4.79 Å². The van der Waals surface area contributed by atoms with Crippen molar-refractivity contribution < 1.29 is 4.79 Å². The van der Waals surface area contributed by atoms with Gasteiger partial charge in [-0.15, -0.1) is 11.3 Å². The Morgan fingerprint density at radius 3 is 2.93 bits per heavy atom. The van der Waals surface area contributed by atoms with E-state index in [1.165, 1.54) is 11.3 Å². The molecular weight excluding hydrogens is 232 g/mol. The molecule has 1 aromatic heterocycles.